The number of ether oxygens (including phenoxy) is 10. The summed E-state index contributed by atoms with van der Waals surface area (Å²) < 4.78 is 55.9. The molecule has 0 amide bonds. The second-order valence-electron chi connectivity index (χ2n) is 9.21. The summed E-state index contributed by atoms with van der Waals surface area (Å²) in [5.41, 5.74) is 3.88. The summed E-state index contributed by atoms with van der Waals surface area (Å²) in [7, 11) is 0. The Hall–Kier alpha value is -2.03. The molecule has 0 radical (unpaired) electrons. The van der Waals surface area contributed by atoms with Gasteiger partial charge in [-0.2, -0.15) is 0 Å². The minimum absolute atomic E-state index is 0.385. The van der Waals surface area contributed by atoms with Crippen LogP contribution in [0.1, 0.15) is 11.4 Å². The van der Waals surface area contributed by atoms with Crippen LogP contribution in [0.3, 0.4) is 0 Å². The van der Waals surface area contributed by atoms with Crippen molar-refractivity contribution < 1.29 is 47.4 Å². The Balaban J connectivity index is 1.40. The Kier molecular flexibility index (Phi) is 20.0. The lowest BCUT2D eigenvalue weighted by Crippen LogP contribution is -2.15. The molecular weight excluding hydrogens is 546 g/mol. The van der Waals surface area contributed by atoms with Crippen LogP contribution >= 0.6 is 0 Å². The number of pyridine rings is 1. The molecule has 0 N–H and O–H groups in total. The van der Waals surface area contributed by atoms with E-state index in [9.17, 15) is 0 Å². The quantitative estimate of drug-likeness (QED) is 0.487. The zero-order chi connectivity index (χ0) is 29.2. The number of hydrogen-bond acceptors (Lipinski definition) is 11. The van der Waals surface area contributed by atoms with Crippen molar-refractivity contribution in [3.63, 3.8) is 0 Å². The third-order valence-electron chi connectivity index (χ3n) is 5.89. The molecule has 0 aliphatic carbocycles. The normalized spacial score (nSPS) is 20.4. The number of nitrogens with zero attached hydrogens (tertiary/aromatic N) is 1. The smallest absolute Gasteiger partial charge is 0.0889 e. The van der Waals surface area contributed by atoms with E-state index < -0.39 is 0 Å². The zero-order valence-corrected chi connectivity index (χ0v) is 24.7. The van der Waals surface area contributed by atoms with Crippen molar-refractivity contribution in [2.45, 2.75) is 13.2 Å². The van der Waals surface area contributed by atoms with Crippen LogP contribution in [0.15, 0.2) is 42.5 Å². The van der Waals surface area contributed by atoms with E-state index in [1.54, 1.807) is 0 Å². The summed E-state index contributed by atoms with van der Waals surface area (Å²) in [4.78, 5) is 4.74. The summed E-state index contributed by atoms with van der Waals surface area (Å²) in [6.07, 6.45) is 0. The molecule has 0 saturated carbocycles. The monoisotopic (exact) mass is 593 g/mol. The van der Waals surface area contributed by atoms with Crippen molar-refractivity contribution >= 4 is 0 Å². The van der Waals surface area contributed by atoms with Gasteiger partial charge in [0, 0.05) is 0 Å². The third kappa shape index (κ3) is 17.2. The Morgan fingerprint density at radius 3 is 0.929 bits per heavy atom. The summed E-state index contributed by atoms with van der Waals surface area (Å²) in [5, 5.41) is 0. The van der Waals surface area contributed by atoms with Gasteiger partial charge in [-0.15, -0.1) is 0 Å². The average Bonchev–Trinajstić information content (AvgIpc) is 3.02. The van der Waals surface area contributed by atoms with Gasteiger partial charge in [-0.05, 0) is 23.3 Å². The van der Waals surface area contributed by atoms with Gasteiger partial charge in [-0.1, -0.05) is 30.3 Å². The molecule has 11 nitrogen and oxygen atoms in total. The Morgan fingerprint density at radius 2 is 0.619 bits per heavy atom. The first-order valence-electron chi connectivity index (χ1n) is 14.7. The lowest BCUT2D eigenvalue weighted by atomic mass is 10.0. The maximum absolute atomic E-state index is 5.83. The Labute approximate surface area is 249 Å². The molecule has 0 atom stereocenters. The number of hydrogen-bond donors (Lipinski definition) is 0. The van der Waals surface area contributed by atoms with Crippen LogP contribution in [-0.4, -0.2) is 124 Å². The largest absolute Gasteiger partial charge is 0.377 e. The average molecular weight is 594 g/mol. The van der Waals surface area contributed by atoms with Crippen molar-refractivity contribution in [1.82, 2.24) is 4.98 Å². The number of benzene rings is 1. The van der Waals surface area contributed by atoms with Gasteiger partial charge < -0.3 is 47.4 Å². The number of rotatable bonds is 1. The van der Waals surface area contributed by atoms with Gasteiger partial charge in [0.15, 0.2) is 0 Å². The zero-order valence-electron chi connectivity index (χ0n) is 24.7. The van der Waals surface area contributed by atoms with Gasteiger partial charge in [-0.3, -0.25) is 4.98 Å². The molecular formula is C31H47NO10. The second-order valence-corrected chi connectivity index (χ2v) is 9.21. The van der Waals surface area contributed by atoms with Gasteiger partial charge in [0.05, 0.1) is 144 Å². The molecule has 2 aromatic rings. The van der Waals surface area contributed by atoms with Crippen molar-refractivity contribution in [3.05, 3.63) is 53.9 Å². The van der Waals surface area contributed by atoms with Gasteiger partial charge >= 0.3 is 0 Å². The molecule has 0 fully saturated rings. The van der Waals surface area contributed by atoms with Crippen LogP contribution in [0.4, 0.5) is 0 Å². The first kappa shape index (κ1) is 34.5. The summed E-state index contributed by atoms with van der Waals surface area (Å²) in [6, 6.07) is 14.3. The van der Waals surface area contributed by atoms with Crippen molar-refractivity contribution in [2.24, 2.45) is 0 Å². The van der Waals surface area contributed by atoms with E-state index in [2.05, 4.69) is 24.3 Å². The Morgan fingerprint density at radius 1 is 0.333 bits per heavy atom. The fraction of sp³-hybridized carbons (Fsp3) is 0.645. The SMILES string of the molecule is c1ccc(-c2cc3nc(c2)COCCOCCOCCOCCOCCOCCOCCOCCOCCOC3)cc1. The molecule has 3 rings (SSSR count). The standard InChI is InChI=1S/C31H47NO10/c1-2-4-28(5-3-1)29-24-30-26-41-22-20-39-18-16-37-14-12-35-10-8-33-6-7-34-9-11-36-13-15-38-17-19-40-21-23-42-27-31(25-29)32-30/h1-5,24-25H,6-23,26-27H2. The van der Waals surface area contributed by atoms with Crippen LogP contribution < -0.4 is 0 Å². The van der Waals surface area contributed by atoms with E-state index in [1.165, 1.54) is 0 Å². The van der Waals surface area contributed by atoms with Crippen molar-refractivity contribution in [1.29, 1.82) is 0 Å². The molecule has 0 saturated heterocycles. The van der Waals surface area contributed by atoms with Crippen LogP contribution in [-0.2, 0) is 60.6 Å². The molecule has 42 heavy (non-hydrogen) atoms. The first-order chi connectivity index (χ1) is 20.9. The fourth-order valence-electron chi connectivity index (χ4n) is 3.83. The van der Waals surface area contributed by atoms with Gasteiger partial charge in [0.1, 0.15) is 0 Å². The van der Waals surface area contributed by atoms with E-state index in [0.29, 0.717) is 132 Å². The molecule has 1 aliphatic rings. The molecule has 1 aliphatic heterocycles. The highest BCUT2D eigenvalue weighted by molar-refractivity contribution is 5.63. The highest BCUT2D eigenvalue weighted by atomic mass is 16.6. The Bertz CT molecular complexity index is 854. The minimum atomic E-state index is 0.385. The summed E-state index contributed by atoms with van der Waals surface area (Å²) >= 11 is 0. The van der Waals surface area contributed by atoms with Crippen LogP contribution in [0, 0.1) is 0 Å². The molecule has 11 heteroatoms. The number of fused-ring (bicyclic) bond motifs is 2. The predicted octanol–water partition coefficient (Wildman–Crippen LogP) is 2.93. The topological polar surface area (TPSA) is 105 Å². The number of aromatic nitrogens is 1. The second kappa shape index (κ2) is 24.4. The van der Waals surface area contributed by atoms with Crippen molar-refractivity contribution in [3.8, 4) is 11.1 Å². The van der Waals surface area contributed by atoms with Gasteiger partial charge in [-0.25, -0.2) is 0 Å². The van der Waals surface area contributed by atoms with E-state index in [0.717, 1.165) is 22.5 Å². The molecule has 2 heterocycles. The molecule has 0 spiro atoms. The maximum Gasteiger partial charge on any atom is 0.0889 e. The first-order valence-corrected chi connectivity index (χ1v) is 14.7. The summed E-state index contributed by atoms with van der Waals surface area (Å²) in [5.74, 6) is 0. The molecule has 236 valence electrons. The minimum Gasteiger partial charge on any atom is -0.377 e. The highest BCUT2D eigenvalue weighted by Gasteiger charge is 2.07. The molecule has 1 aromatic carbocycles. The van der Waals surface area contributed by atoms with E-state index >= 15 is 0 Å². The van der Waals surface area contributed by atoms with Crippen molar-refractivity contribution in [2.75, 3.05) is 119 Å². The lowest BCUT2D eigenvalue weighted by molar-refractivity contribution is -0.0268. The molecule has 1 aromatic heterocycles. The van der Waals surface area contributed by atoms with Gasteiger partial charge in [0.2, 0.25) is 0 Å². The van der Waals surface area contributed by atoms with Crippen LogP contribution in [0.5, 0.6) is 0 Å². The summed E-state index contributed by atoms with van der Waals surface area (Å²) in [6.45, 7) is 9.81. The third-order valence-corrected chi connectivity index (χ3v) is 5.89. The van der Waals surface area contributed by atoms with Crippen LogP contribution in [0.25, 0.3) is 11.1 Å². The lowest BCUT2D eigenvalue weighted by Gasteiger charge is -2.11. The van der Waals surface area contributed by atoms with Gasteiger partial charge in [0.25, 0.3) is 0 Å². The van der Waals surface area contributed by atoms with E-state index in [1.807, 2.05) is 18.2 Å². The molecule has 0 unspecified atom stereocenters. The highest BCUT2D eigenvalue weighted by Crippen LogP contribution is 2.21. The fourth-order valence-corrected chi connectivity index (χ4v) is 3.83. The van der Waals surface area contributed by atoms with Crippen LogP contribution in [0.2, 0.25) is 0 Å². The maximum atomic E-state index is 5.83. The predicted molar refractivity (Wildman–Crippen MR) is 156 cm³/mol. The molecule has 2 bridgehead atoms. The van der Waals surface area contributed by atoms with E-state index in [4.69, 9.17) is 52.4 Å². The van der Waals surface area contributed by atoms with E-state index in [-0.39, 0.29) is 0 Å².